The van der Waals surface area contributed by atoms with Crippen molar-refractivity contribution in [1.29, 1.82) is 0 Å². The summed E-state index contributed by atoms with van der Waals surface area (Å²) in [5, 5.41) is 23.0. The largest absolute Gasteiger partial charge is 0.507 e. The molecule has 0 aromatic heterocycles. The molecule has 7 nitrogen and oxygen atoms in total. The number of hydrogen-bond donors (Lipinski definition) is 2. The Balaban J connectivity index is 1.49. The molecule has 0 spiro atoms. The van der Waals surface area contributed by atoms with E-state index in [1.54, 1.807) is 0 Å². The van der Waals surface area contributed by atoms with Gasteiger partial charge in [0.25, 0.3) is 0 Å². The van der Waals surface area contributed by atoms with Crippen molar-refractivity contribution < 1.29 is 33.9 Å². The number of phenolic OH excluding ortho intramolecular Hbond substituents is 2. The Kier molecular flexibility index (Phi) is 9.43. The third-order valence-corrected chi connectivity index (χ3v) is 7.98. The molecule has 0 fully saturated rings. The Bertz CT molecular complexity index is 1350. The van der Waals surface area contributed by atoms with Gasteiger partial charge in [0, 0.05) is 25.7 Å². The van der Waals surface area contributed by atoms with Gasteiger partial charge in [0.1, 0.15) is 36.2 Å². The average Bonchev–Trinajstić information content (AvgIpc) is 3.00. The number of ether oxygens (including phenoxy) is 5. The third-order valence-electron chi connectivity index (χ3n) is 7.98. The normalized spacial score (nSPS) is 16.5. The molecule has 0 unspecified atom stereocenters. The minimum Gasteiger partial charge on any atom is -0.507 e. The molecule has 0 saturated heterocycles. The Morgan fingerprint density at radius 1 is 0.349 bits per heavy atom. The van der Waals surface area contributed by atoms with Gasteiger partial charge in [-0.05, 0) is 44.5 Å². The van der Waals surface area contributed by atoms with Crippen LogP contribution in [0.1, 0.15) is 44.5 Å². The summed E-state index contributed by atoms with van der Waals surface area (Å²) in [6.07, 6.45) is 1.96. The van der Waals surface area contributed by atoms with Crippen molar-refractivity contribution in [3.8, 4) is 23.0 Å². The summed E-state index contributed by atoms with van der Waals surface area (Å²) in [6.45, 7) is 3.42. The number of phenols is 2. The zero-order chi connectivity index (χ0) is 29.4. The summed E-state index contributed by atoms with van der Waals surface area (Å²) < 4.78 is 29.9. The van der Waals surface area contributed by atoms with E-state index >= 15 is 0 Å². The maximum atomic E-state index is 11.5. The van der Waals surface area contributed by atoms with Crippen LogP contribution in [-0.4, -0.2) is 63.1 Å². The average molecular weight is 583 g/mol. The van der Waals surface area contributed by atoms with Crippen LogP contribution in [0.15, 0.2) is 72.8 Å². The molecule has 1 heterocycles. The van der Waals surface area contributed by atoms with E-state index in [1.807, 2.05) is 72.8 Å². The summed E-state index contributed by atoms with van der Waals surface area (Å²) in [6, 6.07) is 24.0. The van der Waals surface area contributed by atoms with Gasteiger partial charge in [0.05, 0.1) is 39.6 Å². The minimum absolute atomic E-state index is 0.277. The number of para-hydroxylation sites is 4. The van der Waals surface area contributed by atoms with Crippen molar-refractivity contribution in [3.63, 3.8) is 0 Å². The monoisotopic (exact) mass is 582 g/mol. The first-order valence-corrected chi connectivity index (χ1v) is 15.0. The van der Waals surface area contributed by atoms with Crippen LogP contribution in [-0.2, 0) is 39.9 Å². The van der Waals surface area contributed by atoms with Gasteiger partial charge in [-0.1, -0.05) is 72.8 Å². The fourth-order valence-electron chi connectivity index (χ4n) is 5.83. The van der Waals surface area contributed by atoms with Crippen molar-refractivity contribution in [3.05, 3.63) is 117 Å². The van der Waals surface area contributed by atoms with Gasteiger partial charge in [-0.15, -0.1) is 0 Å². The van der Waals surface area contributed by atoms with Crippen molar-refractivity contribution in [2.75, 3.05) is 52.9 Å². The smallest absolute Gasteiger partial charge is 0.126 e. The van der Waals surface area contributed by atoms with Crippen LogP contribution in [0.25, 0.3) is 0 Å². The van der Waals surface area contributed by atoms with E-state index in [4.69, 9.17) is 23.7 Å². The SMILES string of the molecule is Oc1c2cccc1Cc1cccc3c1OCCOCCOCCOCCOc1c(cccc1Cc1cccc(c1O)C3)C2. The van der Waals surface area contributed by atoms with Gasteiger partial charge in [-0.3, -0.25) is 0 Å². The van der Waals surface area contributed by atoms with E-state index < -0.39 is 0 Å². The van der Waals surface area contributed by atoms with E-state index in [0.29, 0.717) is 78.5 Å². The number of hydrogen-bond acceptors (Lipinski definition) is 7. The molecule has 2 aliphatic rings. The molecule has 0 saturated carbocycles. The summed E-state index contributed by atoms with van der Waals surface area (Å²) >= 11 is 0. The zero-order valence-electron chi connectivity index (χ0n) is 24.3. The molecule has 224 valence electrons. The second kappa shape index (κ2) is 14.0. The first kappa shape index (κ1) is 29.1. The first-order chi connectivity index (χ1) is 21.2. The van der Waals surface area contributed by atoms with E-state index in [2.05, 4.69) is 0 Å². The second-order valence-electron chi connectivity index (χ2n) is 10.9. The highest BCUT2D eigenvalue weighted by molar-refractivity contribution is 5.55. The lowest BCUT2D eigenvalue weighted by atomic mass is 9.91. The summed E-state index contributed by atoms with van der Waals surface area (Å²) in [5.74, 6) is 2.06. The molecule has 7 heteroatoms. The predicted molar refractivity (Wildman–Crippen MR) is 164 cm³/mol. The Morgan fingerprint density at radius 3 is 0.907 bits per heavy atom. The maximum absolute atomic E-state index is 11.5. The van der Waals surface area contributed by atoms with Crippen LogP contribution in [0.4, 0.5) is 0 Å². The number of rotatable bonds is 0. The summed E-state index contributed by atoms with van der Waals surface area (Å²) in [5.41, 5.74) is 7.12. The fraction of sp³-hybridized carbons (Fsp3) is 0.333. The lowest BCUT2D eigenvalue weighted by Crippen LogP contribution is -2.15. The van der Waals surface area contributed by atoms with Gasteiger partial charge in [-0.25, -0.2) is 0 Å². The van der Waals surface area contributed by atoms with Gasteiger partial charge in [-0.2, -0.15) is 0 Å². The molecule has 4 aromatic rings. The molecule has 0 radical (unpaired) electrons. The molecule has 2 N–H and O–H groups in total. The molecule has 10 bridgehead atoms. The highest BCUT2D eigenvalue weighted by Gasteiger charge is 2.20. The molecular weight excluding hydrogens is 544 g/mol. The van der Waals surface area contributed by atoms with Crippen LogP contribution in [0.3, 0.4) is 0 Å². The van der Waals surface area contributed by atoms with Crippen molar-refractivity contribution in [1.82, 2.24) is 0 Å². The highest BCUT2D eigenvalue weighted by Crippen LogP contribution is 2.38. The molecule has 1 aliphatic carbocycles. The first-order valence-electron chi connectivity index (χ1n) is 15.0. The van der Waals surface area contributed by atoms with Crippen LogP contribution >= 0.6 is 0 Å². The zero-order valence-corrected chi connectivity index (χ0v) is 24.3. The van der Waals surface area contributed by atoms with E-state index in [1.165, 1.54) is 0 Å². The van der Waals surface area contributed by atoms with Crippen LogP contribution in [0, 0.1) is 0 Å². The molecular formula is C36H38O7. The summed E-state index contributed by atoms with van der Waals surface area (Å²) in [7, 11) is 0. The highest BCUT2D eigenvalue weighted by atomic mass is 16.6. The minimum atomic E-state index is 0.277. The fourth-order valence-corrected chi connectivity index (χ4v) is 5.83. The third kappa shape index (κ3) is 6.96. The predicted octanol–water partition coefficient (Wildman–Crippen LogP) is 5.60. The number of aromatic hydroxyl groups is 2. The topological polar surface area (TPSA) is 86.6 Å². The molecule has 4 aromatic carbocycles. The maximum Gasteiger partial charge on any atom is 0.126 e. The van der Waals surface area contributed by atoms with Crippen molar-refractivity contribution in [2.45, 2.75) is 25.7 Å². The van der Waals surface area contributed by atoms with Crippen molar-refractivity contribution in [2.24, 2.45) is 0 Å². The Morgan fingerprint density at radius 2 is 0.605 bits per heavy atom. The number of fused-ring (bicyclic) bond motifs is 2. The molecule has 1 aliphatic heterocycles. The number of benzene rings is 4. The lowest BCUT2D eigenvalue weighted by Gasteiger charge is -2.20. The van der Waals surface area contributed by atoms with Gasteiger partial charge in [0.15, 0.2) is 0 Å². The van der Waals surface area contributed by atoms with E-state index in [9.17, 15) is 10.2 Å². The van der Waals surface area contributed by atoms with Gasteiger partial charge in [0.2, 0.25) is 0 Å². The van der Waals surface area contributed by atoms with Gasteiger partial charge >= 0.3 is 0 Å². The quantitative estimate of drug-likeness (QED) is 0.246. The second-order valence-corrected chi connectivity index (χ2v) is 10.9. The van der Waals surface area contributed by atoms with Crippen LogP contribution in [0.5, 0.6) is 23.0 Å². The van der Waals surface area contributed by atoms with Crippen LogP contribution in [0.2, 0.25) is 0 Å². The Hall–Kier alpha value is -4.04. The van der Waals surface area contributed by atoms with E-state index in [-0.39, 0.29) is 11.5 Å². The van der Waals surface area contributed by atoms with Gasteiger partial charge < -0.3 is 33.9 Å². The standard InChI is InChI=1S/C36H38O7/c37-33-25-5-1-6-26(33)22-30-10-4-12-32-24-28-8-2-7-27(34(28)38)23-31-11-3-9-29(21-25)35(31)42-19-17-40-15-13-39-14-16-41-18-20-43-36(30)32/h1-12,37-38H,13-24H2. The van der Waals surface area contributed by atoms with Crippen LogP contribution < -0.4 is 9.47 Å². The molecule has 6 rings (SSSR count). The summed E-state index contributed by atoms with van der Waals surface area (Å²) in [4.78, 5) is 0. The molecule has 0 amide bonds. The lowest BCUT2D eigenvalue weighted by molar-refractivity contribution is 0.00484. The van der Waals surface area contributed by atoms with E-state index in [0.717, 1.165) is 56.0 Å². The van der Waals surface area contributed by atoms with Crippen molar-refractivity contribution >= 4 is 0 Å². The molecule has 0 atom stereocenters. The molecule has 43 heavy (non-hydrogen) atoms. The Labute approximate surface area is 252 Å².